The smallest absolute Gasteiger partial charge is 0.179 e. The number of rotatable bonds is 6. The highest BCUT2D eigenvalue weighted by atomic mass is 35.5. The van der Waals surface area contributed by atoms with Crippen LogP contribution in [-0.2, 0) is 6.42 Å². The predicted molar refractivity (Wildman–Crippen MR) is 109 cm³/mol. The van der Waals surface area contributed by atoms with E-state index in [1.807, 2.05) is 12.1 Å². The maximum Gasteiger partial charge on any atom is 0.179 e. The van der Waals surface area contributed by atoms with E-state index in [1.54, 1.807) is 19.6 Å². The number of hydrogen-bond acceptors (Lipinski definition) is 5. The SMILES string of the molecule is COc1cncnc1N1CCN(CCCc2c[nH]c3ccc(Cl)cc23)CC1. The molecule has 3 heterocycles. The number of benzene rings is 1. The predicted octanol–water partition coefficient (Wildman–Crippen LogP) is 3.37. The van der Waals surface area contributed by atoms with Gasteiger partial charge in [-0.1, -0.05) is 11.6 Å². The third-order valence-corrected chi connectivity index (χ3v) is 5.44. The zero-order valence-electron chi connectivity index (χ0n) is 15.5. The molecule has 1 saturated heterocycles. The molecule has 0 spiro atoms. The lowest BCUT2D eigenvalue weighted by molar-refractivity contribution is 0.253. The molecule has 0 radical (unpaired) electrons. The average molecular weight is 386 g/mol. The van der Waals surface area contributed by atoms with Gasteiger partial charge in [-0.05, 0) is 43.1 Å². The van der Waals surface area contributed by atoms with Crippen LogP contribution in [0.1, 0.15) is 12.0 Å². The fourth-order valence-electron chi connectivity index (χ4n) is 3.73. The quantitative estimate of drug-likeness (QED) is 0.705. The van der Waals surface area contributed by atoms with Crippen LogP contribution in [0.5, 0.6) is 5.75 Å². The van der Waals surface area contributed by atoms with Gasteiger partial charge in [0.1, 0.15) is 6.33 Å². The third-order valence-electron chi connectivity index (χ3n) is 5.20. The molecule has 3 aromatic rings. The zero-order valence-corrected chi connectivity index (χ0v) is 16.2. The Hall–Kier alpha value is -2.31. The van der Waals surface area contributed by atoms with Crippen LogP contribution in [0.3, 0.4) is 0 Å². The summed E-state index contributed by atoms with van der Waals surface area (Å²) in [6.07, 6.45) is 7.61. The molecule has 27 heavy (non-hydrogen) atoms. The number of piperazine rings is 1. The highest BCUT2D eigenvalue weighted by Crippen LogP contribution is 2.25. The molecule has 0 atom stereocenters. The highest BCUT2D eigenvalue weighted by Gasteiger charge is 2.20. The van der Waals surface area contributed by atoms with Crippen LogP contribution in [0.25, 0.3) is 10.9 Å². The molecule has 1 N–H and O–H groups in total. The fourth-order valence-corrected chi connectivity index (χ4v) is 3.90. The monoisotopic (exact) mass is 385 g/mol. The number of aromatic amines is 1. The Morgan fingerprint density at radius 2 is 2.07 bits per heavy atom. The summed E-state index contributed by atoms with van der Waals surface area (Å²) < 4.78 is 5.38. The van der Waals surface area contributed by atoms with Crippen molar-refractivity contribution in [3.05, 3.63) is 47.5 Å². The van der Waals surface area contributed by atoms with Crippen molar-refractivity contribution >= 4 is 28.3 Å². The molecule has 4 rings (SSSR count). The highest BCUT2D eigenvalue weighted by molar-refractivity contribution is 6.31. The first-order chi connectivity index (χ1) is 13.2. The number of methoxy groups -OCH3 is 1. The molecule has 1 aliphatic rings. The van der Waals surface area contributed by atoms with Crippen molar-refractivity contribution in [2.75, 3.05) is 44.7 Å². The molecule has 1 aliphatic heterocycles. The van der Waals surface area contributed by atoms with E-state index in [9.17, 15) is 0 Å². The van der Waals surface area contributed by atoms with Crippen molar-refractivity contribution in [3.8, 4) is 5.75 Å². The minimum Gasteiger partial charge on any atom is -0.491 e. The number of halogens is 1. The van der Waals surface area contributed by atoms with Crippen LogP contribution in [0, 0.1) is 0 Å². The molecular weight excluding hydrogens is 362 g/mol. The lowest BCUT2D eigenvalue weighted by Crippen LogP contribution is -2.47. The second kappa shape index (κ2) is 8.15. The van der Waals surface area contributed by atoms with Gasteiger partial charge in [-0.25, -0.2) is 9.97 Å². The number of nitrogens with one attached hydrogen (secondary N) is 1. The zero-order chi connectivity index (χ0) is 18.6. The molecule has 142 valence electrons. The molecule has 2 aromatic heterocycles. The minimum absolute atomic E-state index is 0.740. The van der Waals surface area contributed by atoms with Crippen molar-refractivity contribution in [1.29, 1.82) is 0 Å². The van der Waals surface area contributed by atoms with Crippen LogP contribution in [0.2, 0.25) is 5.02 Å². The summed E-state index contributed by atoms with van der Waals surface area (Å²) in [7, 11) is 1.66. The van der Waals surface area contributed by atoms with Crippen molar-refractivity contribution in [2.45, 2.75) is 12.8 Å². The lowest BCUT2D eigenvalue weighted by atomic mass is 10.1. The van der Waals surface area contributed by atoms with Crippen LogP contribution in [0.4, 0.5) is 5.82 Å². The molecule has 1 fully saturated rings. The van der Waals surface area contributed by atoms with E-state index in [4.69, 9.17) is 16.3 Å². The molecule has 7 heteroatoms. The van der Waals surface area contributed by atoms with Gasteiger partial charge in [0.25, 0.3) is 0 Å². The van der Waals surface area contributed by atoms with Crippen molar-refractivity contribution in [3.63, 3.8) is 0 Å². The number of aromatic nitrogens is 3. The first-order valence-electron chi connectivity index (χ1n) is 9.31. The van der Waals surface area contributed by atoms with Gasteiger partial charge < -0.3 is 14.6 Å². The Balaban J connectivity index is 1.29. The third kappa shape index (κ3) is 4.01. The van der Waals surface area contributed by atoms with Gasteiger partial charge in [-0.3, -0.25) is 4.90 Å². The van der Waals surface area contributed by atoms with E-state index in [-0.39, 0.29) is 0 Å². The van der Waals surface area contributed by atoms with Gasteiger partial charge in [0.15, 0.2) is 11.6 Å². The molecular formula is C20H24ClN5O. The summed E-state index contributed by atoms with van der Waals surface area (Å²) in [6, 6.07) is 6.02. The number of aryl methyl sites for hydroxylation is 1. The standard InChI is InChI=1S/C20H24ClN5O/c1-27-19-13-22-14-24-20(19)26-9-7-25(8-10-26)6-2-3-15-12-23-18-5-4-16(21)11-17(15)18/h4-5,11-14,23H,2-3,6-10H2,1H3. The molecule has 0 bridgehead atoms. The van der Waals surface area contributed by atoms with Gasteiger partial charge in [-0.15, -0.1) is 0 Å². The lowest BCUT2D eigenvalue weighted by Gasteiger charge is -2.35. The topological polar surface area (TPSA) is 57.3 Å². The number of H-pyrrole nitrogens is 1. The van der Waals surface area contributed by atoms with Gasteiger partial charge in [0, 0.05) is 48.3 Å². The first-order valence-corrected chi connectivity index (χ1v) is 9.69. The van der Waals surface area contributed by atoms with E-state index >= 15 is 0 Å². The largest absolute Gasteiger partial charge is 0.491 e. The van der Waals surface area contributed by atoms with E-state index in [1.165, 1.54) is 10.9 Å². The van der Waals surface area contributed by atoms with Crippen molar-refractivity contribution in [1.82, 2.24) is 19.9 Å². The summed E-state index contributed by atoms with van der Waals surface area (Å²) in [6.45, 7) is 5.08. The summed E-state index contributed by atoms with van der Waals surface area (Å²) in [5, 5.41) is 2.03. The van der Waals surface area contributed by atoms with Gasteiger partial charge >= 0.3 is 0 Å². The Labute approximate surface area is 164 Å². The van der Waals surface area contributed by atoms with E-state index in [0.717, 1.165) is 67.7 Å². The first kappa shape index (κ1) is 18.1. The molecule has 6 nitrogen and oxygen atoms in total. The summed E-state index contributed by atoms with van der Waals surface area (Å²) in [4.78, 5) is 16.6. The van der Waals surface area contributed by atoms with E-state index in [0.29, 0.717) is 0 Å². The molecule has 0 aliphatic carbocycles. The minimum atomic E-state index is 0.740. The van der Waals surface area contributed by atoms with Crippen LogP contribution < -0.4 is 9.64 Å². The Morgan fingerprint density at radius 1 is 1.22 bits per heavy atom. The van der Waals surface area contributed by atoms with Crippen LogP contribution in [0.15, 0.2) is 36.9 Å². The second-order valence-corrected chi connectivity index (χ2v) is 7.29. The Kier molecular flexibility index (Phi) is 5.45. The van der Waals surface area contributed by atoms with Crippen LogP contribution in [-0.4, -0.2) is 59.7 Å². The molecule has 0 unspecified atom stereocenters. The molecule has 0 saturated carbocycles. The Morgan fingerprint density at radius 3 is 2.89 bits per heavy atom. The average Bonchev–Trinajstić information content (AvgIpc) is 3.10. The summed E-state index contributed by atoms with van der Waals surface area (Å²) in [5.74, 6) is 1.63. The summed E-state index contributed by atoms with van der Waals surface area (Å²) >= 11 is 6.14. The maximum absolute atomic E-state index is 6.14. The van der Waals surface area contributed by atoms with Crippen molar-refractivity contribution in [2.24, 2.45) is 0 Å². The molecule has 0 amide bonds. The van der Waals surface area contributed by atoms with Crippen LogP contribution >= 0.6 is 11.6 Å². The normalized spacial score (nSPS) is 15.4. The number of anilines is 1. The number of ether oxygens (including phenoxy) is 1. The van der Waals surface area contributed by atoms with Gasteiger partial charge in [0.05, 0.1) is 13.3 Å². The fraction of sp³-hybridized carbons (Fsp3) is 0.400. The number of hydrogen-bond donors (Lipinski definition) is 1. The van der Waals surface area contributed by atoms with E-state index in [2.05, 4.69) is 37.0 Å². The Bertz CT molecular complexity index is 904. The maximum atomic E-state index is 6.14. The second-order valence-electron chi connectivity index (χ2n) is 6.85. The van der Waals surface area contributed by atoms with E-state index < -0.39 is 0 Å². The number of nitrogens with zero attached hydrogens (tertiary/aromatic N) is 4. The summed E-state index contributed by atoms with van der Waals surface area (Å²) in [5.41, 5.74) is 2.50. The molecule has 1 aromatic carbocycles. The van der Waals surface area contributed by atoms with Gasteiger partial charge in [0.2, 0.25) is 0 Å². The van der Waals surface area contributed by atoms with Crippen molar-refractivity contribution < 1.29 is 4.74 Å². The number of fused-ring (bicyclic) bond motifs is 1. The van der Waals surface area contributed by atoms with Gasteiger partial charge in [-0.2, -0.15) is 0 Å².